The van der Waals surface area contributed by atoms with Crippen molar-refractivity contribution in [1.29, 1.82) is 0 Å². The van der Waals surface area contributed by atoms with E-state index >= 15 is 0 Å². The molecule has 242 valence electrons. The number of carbonyl (C=O) groups excluding carboxylic acids is 4. The summed E-state index contributed by atoms with van der Waals surface area (Å²) in [7, 11) is -4.27. The minimum atomic E-state index is -4.27. The van der Waals surface area contributed by atoms with Gasteiger partial charge in [0.2, 0.25) is 11.8 Å². The first-order valence-corrected chi connectivity index (χ1v) is 16.9. The SMILES string of the molecule is C[C@H](NS(=O)(=O)NC(=O)[C@@]12C[C@@H]1/C=C\CCCCC[C@H](NC(=O)OC(C)(C)C)C(=O)N1CCC[C@H]1C(=O)N2)c1ccccc1. The first-order valence-electron chi connectivity index (χ1n) is 15.4. The maximum Gasteiger partial charge on any atom is 0.408 e. The fraction of sp³-hybridized carbons (Fsp3) is 0.613. The molecule has 0 radical (unpaired) electrons. The molecule has 2 aliphatic heterocycles. The highest BCUT2D eigenvalue weighted by Crippen LogP contribution is 2.45. The second-order valence-electron chi connectivity index (χ2n) is 12.9. The average Bonchev–Trinajstić information content (AvgIpc) is 3.40. The van der Waals surface area contributed by atoms with Crippen molar-refractivity contribution in [3.8, 4) is 0 Å². The van der Waals surface area contributed by atoms with E-state index in [0.717, 1.165) is 18.4 Å². The van der Waals surface area contributed by atoms with E-state index in [4.69, 9.17) is 4.74 Å². The van der Waals surface area contributed by atoms with Crippen LogP contribution in [0, 0.1) is 5.92 Å². The monoisotopic (exact) mass is 631 g/mol. The van der Waals surface area contributed by atoms with Crippen LogP contribution in [0.25, 0.3) is 0 Å². The number of amides is 4. The lowest BCUT2D eigenvalue weighted by molar-refractivity contribution is -0.141. The molecule has 0 spiro atoms. The molecule has 44 heavy (non-hydrogen) atoms. The summed E-state index contributed by atoms with van der Waals surface area (Å²) in [5, 5.41) is 5.53. The third-order valence-corrected chi connectivity index (χ3v) is 9.30. The Labute approximate surface area is 259 Å². The second kappa shape index (κ2) is 13.7. The van der Waals surface area contributed by atoms with Gasteiger partial charge >= 0.3 is 16.3 Å². The van der Waals surface area contributed by atoms with Crippen LogP contribution in [0.3, 0.4) is 0 Å². The molecule has 1 aliphatic carbocycles. The third kappa shape index (κ3) is 8.59. The van der Waals surface area contributed by atoms with Crippen LogP contribution in [0.1, 0.15) is 90.7 Å². The van der Waals surface area contributed by atoms with Crippen LogP contribution in [0.5, 0.6) is 0 Å². The van der Waals surface area contributed by atoms with E-state index in [1.54, 1.807) is 52.0 Å². The van der Waals surface area contributed by atoms with Crippen molar-refractivity contribution >= 4 is 34.0 Å². The molecule has 4 N–H and O–H groups in total. The molecule has 12 nitrogen and oxygen atoms in total. The normalized spacial score (nSPS) is 27.8. The standard InChI is InChI=1S/C31H45N5O7S/c1-21(22-14-9-8-10-15-22)34-44(41,42)35-28(39)31-20-23(31)16-11-6-5-7-12-17-24(32-29(40)43-30(2,3)4)27(38)36-19-13-18-25(36)26(37)33-31/h8-11,14-16,21,23-25,34H,5-7,12-13,17-20H2,1-4H3,(H,32,40)(H,33,37)(H,35,39)/b16-11-/t21-,23-,24-,25-,31+/m0/s1. The number of nitrogens with zero attached hydrogens (tertiary/aromatic N) is 1. The summed E-state index contributed by atoms with van der Waals surface area (Å²) in [6.07, 6.45) is 7.71. The van der Waals surface area contributed by atoms with E-state index in [2.05, 4.69) is 20.1 Å². The van der Waals surface area contributed by atoms with Crippen molar-refractivity contribution < 1.29 is 32.3 Å². The minimum Gasteiger partial charge on any atom is -0.444 e. The van der Waals surface area contributed by atoms with Crippen LogP contribution in [0.15, 0.2) is 42.5 Å². The zero-order valence-electron chi connectivity index (χ0n) is 25.9. The third-order valence-electron chi connectivity index (χ3n) is 8.18. The van der Waals surface area contributed by atoms with E-state index in [1.165, 1.54) is 4.90 Å². The predicted molar refractivity (Wildman–Crippen MR) is 164 cm³/mol. The lowest BCUT2D eigenvalue weighted by Gasteiger charge is -2.30. The number of carbonyl (C=O) groups is 4. The van der Waals surface area contributed by atoms with Crippen LogP contribution in [0.4, 0.5) is 4.79 Å². The summed E-state index contributed by atoms with van der Waals surface area (Å²) in [6.45, 7) is 7.20. The summed E-state index contributed by atoms with van der Waals surface area (Å²) in [6, 6.07) is 6.62. The Kier molecular flexibility index (Phi) is 10.4. The Bertz CT molecular complexity index is 1360. The number of hydrogen-bond donors (Lipinski definition) is 4. The van der Waals surface area contributed by atoms with E-state index in [1.807, 2.05) is 18.2 Å². The number of hydrogen-bond acceptors (Lipinski definition) is 7. The van der Waals surface area contributed by atoms with Gasteiger partial charge in [0.1, 0.15) is 23.2 Å². The zero-order valence-corrected chi connectivity index (χ0v) is 26.7. The number of rotatable bonds is 6. The van der Waals surface area contributed by atoms with E-state index in [0.29, 0.717) is 38.6 Å². The lowest BCUT2D eigenvalue weighted by atomic mass is 10.0. The molecule has 2 fully saturated rings. The van der Waals surface area contributed by atoms with Crippen LogP contribution >= 0.6 is 0 Å². The molecule has 1 aromatic rings. The van der Waals surface area contributed by atoms with Gasteiger partial charge in [-0.2, -0.15) is 13.1 Å². The molecule has 13 heteroatoms. The van der Waals surface area contributed by atoms with Crippen molar-refractivity contribution in [3.05, 3.63) is 48.0 Å². The van der Waals surface area contributed by atoms with Gasteiger partial charge in [-0.3, -0.25) is 14.4 Å². The largest absolute Gasteiger partial charge is 0.444 e. The summed E-state index contributed by atoms with van der Waals surface area (Å²) < 4.78 is 35.9. The number of nitrogens with one attached hydrogen (secondary N) is 4. The van der Waals surface area contributed by atoms with Gasteiger partial charge in [0.05, 0.1) is 0 Å². The van der Waals surface area contributed by atoms with Crippen molar-refractivity contribution in [2.45, 2.75) is 108 Å². The Morgan fingerprint density at radius 3 is 2.50 bits per heavy atom. The van der Waals surface area contributed by atoms with Crippen LogP contribution in [-0.4, -0.2) is 66.9 Å². The lowest BCUT2D eigenvalue weighted by Crippen LogP contribution is -2.59. The van der Waals surface area contributed by atoms with Crippen molar-refractivity contribution in [2.75, 3.05) is 6.54 Å². The number of ether oxygens (including phenoxy) is 1. The number of allylic oxidation sites excluding steroid dienone is 1. The maximum absolute atomic E-state index is 13.7. The van der Waals surface area contributed by atoms with E-state index < -0.39 is 63.3 Å². The average molecular weight is 632 g/mol. The van der Waals surface area contributed by atoms with E-state index in [-0.39, 0.29) is 12.3 Å². The quantitative estimate of drug-likeness (QED) is 0.351. The Morgan fingerprint density at radius 2 is 1.80 bits per heavy atom. The smallest absolute Gasteiger partial charge is 0.408 e. The molecule has 5 atom stereocenters. The van der Waals surface area contributed by atoms with Crippen molar-refractivity contribution in [2.24, 2.45) is 5.92 Å². The summed E-state index contributed by atoms with van der Waals surface area (Å²) in [5.41, 5.74) is -1.49. The minimum absolute atomic E-state index is 0.230. The number of benzene rings is 1. The molecular weight excluding hydrogens is 586 g/mol. The molecule has 0 bridgehead atoms. The molecule has 4 amide bonds. The van der Waals surface area contributed by atoms with Gasteiger partial charge in [-0.25, -0.2) is 9.52 Å². The highest BCUT2D eigenvalue weighted by Gasteiger charge is 2.61. The molecule has 1 aromatic carbocycles. The highest BCUT2D eigenvalue weighted by atomic mass is 32.2. The Morgan fingerprint density at radius 1 is 1.07 bits per heavy atom. The first kappa shape index (κ1) is 33.4. The molecule has 4 rings (SSSR count). The van der Waals surface area contributed by atoms with Crippen LogP contribution in [0.2, 0.25) is 0 Å². The van der Waals surface area contributed by atoms with E-state index in [9.17, 15) is 27.6 Å². The van der Waals surface area contributed by atoms with Crippen molar-refractivity contribution in [3.63, 3.8) is 0 Å². The number of alkyl carbamates (subject to hydrolysis) is 1. The Hall–Kier alpha value is -3.45. The zero-order chi connectivity index (χ0) is 32.1. The molecule has 0 aromatic heterocycles. The topological polar surface area (TPSA) is 163 Å². The fourth-order valence-electron chi connectivity index (χ4n) is 5.83. The molecule has 1 saturated heterocycles. The summed E-state index contributed by atoms with van der Waals surface area (Å²) >= 11 is 0. The molecule has 3 aliphatic rings. The molecule has 0 unspecified atom stereocenters. The second-order valence-corrected chi connectivity index (χ2v) is 14.4. The van der Waals surface area contributed by atoms with Crippen molar-refractivity contribution in [1.82, 2.24) is 25.0 Å². The fourth-order valence-corrected chi connectivity index (χ4v) is 6.92. The van der Waals surface area contributed by atoms with Gasteiger partial charge in [0.15, 0.2) is 0 Å². The summed E-state index contributed by atoms with van der Waals surface area (Å²) in [4.78, 5) is 55.0. The van der Waals surface area contributed by atoms with Gasteiger partial charge in [-0.05, 0) is 71.8 Å². The Balaban J connectivity index is 1.52. The van der Waals surface area contributed by atoms with Crippen LogP contribution < -0.4 is 20.1 Å². The number of fused-ring (bicyclic) bond motifs is 2. The molecule has 2 heterocycles. The summed E-state index contributed by atoms with van der Waals surface area (Å²) in [5.74, 6) is -2.15. The van der Waals surface area contributed by atoms with Gasteiger partial charge in [0.25, 0.3) is 5.91 Å². The van der Waals surface area contributed by atoms with Gasteiger partial charge < -0.3 is 20.3 Å². The van der Waals surface area contributed by atoms with Gasteiger partial charge in [-0.15, -0.1) is 0 Å². The predicted octanol–water partition coefficient (Wildman–Crippen LogP) is 2.98. The highest BCUT2D eigenvalue weighted by molar-refractivity contribution is 7.88. The van der Waals surface area contributed by atoms with Crippen LogP contribution in [-0.2, 0) is 29.3 Å². The first-order chi connectivity index (χ1) is 20.7. The maximum atomic E-state index is 13.7. The van der Waals surface area contributed by atoms with Gasteiger partial charge in [-0.1, -0.05) is 55.3 Å². The molecular formula is C31H45N5O7S. The van der Waals surface area contributed by atoms with Gasteiger partial charge in [0, 0.05) is 18.5 Å². The molecule has 1 saturated carbocycles.